The number of aryl methyl sites for hydroxylation is 2. The van der Waals surface area contributed by atoms with Crippen LogP contribution in [0.5, 0.6) is 0 Å². The molecule has 0 atom stereocenters. The standard InChI is InChI=1S/C21H25ClFN5O2S.C2H6O3S/c1-21(2)27-19(24)26-20(25)28(21)16-9-12-18(22)15(13-16)6-4-3-5-14-7-10-17(11-8-14)31(23,29)30;1-2-6(3,4)5/h7-13H,3-6H2,1-2H3,(H4,24,25,26,27);2H2,1H3,(H,3,4,5). The second-order valence-electron chi connectivity index (χ2n) is 8.71. The number of unbranched alkanes of at least 4 members (excludes halogenated alkanes) is 1. The minimum absolute atomic E-state index is 0.144. The van der Waals surface area contributed by atoms with Gasteiger partial charge < -0.3 is 11.5 Å². The third-order valence-electron chi connectivity index (χ3n) is 5.41. The van der Waals surface area contributed by atoms with Crippen molar-refractivity contribution in [1.82, 2.24) is 0 Å². The average molecular weight is 576 g/mol. The van der Waals surface area contributed by atoms with Gasteiger partial charge in [-0.2, -0.15) is 21.8 Å². The van der Waals surface area contributed by atoms with Crippen molar-refractivity contribution >= 4 is 49.5 Å². The molecule has 0 spiro atoms. The van der Waals surface area contributed by atoms with Gasteiger partial charge in [0.2, 0.25) is 11.9 Å². The van der Waals surface area contributed by atoms with Gasteiger partial charge in [0.05, 0.1) is 10.6 Å². The zero-order valence-electron chi connectivity index (χ0n) is 20.7. The van der Waals surface area contributed by atoms with Crippen molar-refractivity contribution in [2.24, 2.45) is 21.5 Å². The Bertz CT molecular complexity index is 1380. The van der Waals surface area contributed by atoms with Gasteiger partial charge in [0, 0.05) is 10.7 Å². The summed E-state index contributed by atoms with van der Waals surface area (Å²) in [6.07, 6.45) is 3.23. The second-order valence-corrected chi connectivity index (χ2v) is 12.2. The molecule has 5 N–H and O–H groups in total. The fraction of sp³-hybridized carbons (Fsp3) is 0.391. The normalized spacial score (nSPS) is 15.4. The predicted octanol–water partition coefficient (Wildman–Crippen LogP) is 3.64. The topological polar surface area (TPSA) is 169 Å². The minimum atomic E-state index is -4.67. The molecule has 0 saturated carbocycles. The molecule has 37 heavy (non-hydrogen) atoms. The first-order valence-corrected chi connectivity index (χ1v) is 14.7. The van der Waals surface area contributed by atoms with Gasteiger partial charge in [0.15, 0.2) is 0 Å². The van der Waals surface area contributed by atoms with Crippen LogP contribution in [-0.4, -0.2) is 44.7 Å². The minimum Gasteiger partial charge on any atom is -0.369 e. The zero-order valence-corrected chi connectivity index (χ0v) is 23.1. The number of rotatable bonds is 8. The third-order valence-corrected chi connectivity index (χ3v) is 7.35. The van der Waals surface area contributed by atoms with Crippen LogP contribution in [0.3, 0.4) is 0 Å². The Balaban J connectivity index is 0.000000717. The molecular formula is C23H31ClFN5O5S2. The summed E-state index contributed by atoms with van der Waals surface area (Å²) in [7, 11) is -8.33. The van der Waals surface area contributed by atoms with Crippen LogP contribution in [0.1, 0.15) is 44.7 Å². The molecule has 0 saturated heterocycles. The monoisotopic (exact) mass is 575 g/mol. The fourth-order valence-corrected chi connectivity index (χ4v) is 4.28. The number of hydrogen-bond donors (Lipinski definition) is 3. The molecule has 0 unspecified atom stereocenters. The van der Waals surface area contributed by atoms with Gasteiger partial charge in [-0.05, 0) is 87.9 Å². The Kier molecular flexibility index (Phi) is 10.1. The first kappa shape index (κ1) is 30.5. The summed E-state index contributed by atoms with van der Waals surface area (Å²) >= 11 is 6.40. The van der Waals surface area contributed by atoms with Crippen molar-refractivity contribution in [3.05, 3.63) is 58.6 Å². The number of aliphatic imine (C=N–C) groups is 2. The van der Waals surface area contributed by atoms with Crippen LogP contribution in [0, 0.1) is 0 Å². The van der Waals surface area contributed by atoms with Crippen molar-refractivity contribution in [3.8, 4) is 0 Å². The summed E-state index contributed by atoms with van der Waals surface area (Å²) in [4.78, 5) is 9.92. The van der Waals surface area contributed by atoms with E-state index in [2.05, 4.69) is 9.98 Å². The number of nitrogens with two attached hydrogens (primary N) is 2. The molecule has 10 nitrogen and oxygen atoms in total. The molecule has 1 heterocycles. The highest BCUT2D eigenvalue weighted by atomic mass is 35.5. The van der Waals surface area contributed by atoms with Gasteiger partial charge in [-0.25, -0.2) is 4.99 Å². The van der Waals surface area contributed by atoms with E-state index in [-0.39, 0.29) is 22.6 Å². The van der Waals surface area contributed by atoms with E-state index in [1.165, 1.54) is 19.1 Å². The van der Waals surface area contributed by atoms with Gasteiger partial charge in [0.25, 0.3) is 10.1 Å². The lowest BCUT2D eigenvalue weighted by molar-refractivity contribution is 0.484. The summed E-state index contributed by atoms with van der Waals surface area (Å²) < 4.78 is 61.7. The molecule has 3 rings (SSSR count). The molecule has 1 aliphatic heterocycles. The quantitative estimate of drug-likeness (QED) is 0.243. The van der Waals surface area contributed by atoms with Crippen LogP contribution in [0.15, 0.2) is 57.3 Å². The molecule has 0 bridgehead atoms. The van der Waals surface area contributed by atoms with Crippen molar-refractivity contribution in [3.63, 3.8) is 0 Å². The summed E-state index contributed by atoms with van der Waals surface area (Å²) in [5, 5.41) is 0.662. The smallest absolute Gasteiger partial charge is 0.332 e. The molecule has 0 aromatic heterocycles. The van der Waals surface area contributed by atoms with Gasteiger partial charge >= 0.3 is 10.2 Å². The van der Waals surface area contributed by atoms with Crippen molar-refractivity contribution < 1.29 is 25.3 Å². The molecular weight excluding hydrogens is 545 g/mol. The number of guanidine groups is 2. The van der Waals surface area contributed by atoms with Gasteiger partial charge in [-0.1, -0.05) is 23.7 Å². The Morgan fingerprint density at radius 2 is 1.59 bits per heavy atom. The maximum absolute atomic E-state index is 13.0. The molecule has 0 aliphatic carbocycles. The average Bonchev–Trinajstić information content (AvgIpc) is 2.77. The van der Waals surface area contributed by atoms with Crippen LogP contribution in [0.4, 0.5) is 9.57 Å². The van der Waals surface area contributed by atoms with Gasteiger partial charge in [-0.15, -0.1) is 3.89 Å². The third kappa shape index (κ3) is 9.26. The number of anilines is 1. The molecule has 0 amide bonds. The lowest BCUT2D eigenvalue weighted by Crippen LogP contribution is -2.54. The fourth-order valence-electron chi connectivity index (χ4n) is 3.61. The molecule has 2 aromatic carbocycles. The van der Waals surface area contributed by atoms with Crippen molar-refractivity contribution in [1.29, 1.82) is 0 Å². The maximum atomic E-state index is 13.0. The first-order chi connectivity index (χ1) is 17.0. The van der Waals surface area contributed by atoms with Crippen LogP contribution in [-0.2, 0) is 33.2 Å². The lowest BCUT2D eigenvalue weighted by atomic mass is 10.0. The Hall–Kier alpha value is -2.74. The number of hydrogen-bond acceptors (Lipinski definition) is 9. The molecule has 204 valence electrons. The summed E-state index contributed by atoms with van der Waals surface area (Å²) in [6, 6.07) is 11.5. The van der Waals surface area contributed by atoms with Crippen LogP contribution in [0.2, 0.25) is 5.02 Å². The molecule has 0 radical (unpaired) electrons. The molecule has 1 aliphatic rings. The van der Waals surface area contributed by atoms with E-state index >= 15 is 0 Å². The summed E-state index contributed by atoms with van der Waals surface area (Å²) in [5.74, 6) is 0.210. The first-order valence-electron chi connectivity index (χ1n) is 11.3. The Labute approximate surface area is 222 Å². The van der Waals surface area contributed by atoms with Crippen LogP contribution in [0.25, 0.3) is 0 Å². The molecule has 0 fully saturated rings. The van der Waals surface area contributed by atoms with Crippen molar-refractivity contribution in [2.45, 2.75) is 57.0 Å². The Morgan fingerprint density at radius 1 is 1.03 bits per heavy atom. The van der Waals surface area contributed by atoms with Gasteiger partial charge in [0.1, 0.15) is 5.66 Å². The SMILES string of the molecule is CC1(C)N=C(N)N=C(N)N1c1ccc(Cl)c(CCCCc2ccc(S(=O)(=O)F)cc2)c1.CCS(=O)(=O)O. The van der Waals surface area contributed by atoms with Crippen LogP contribution < -0.4 is 16.4 Å². The highest BCUT2D eigenvalue weighted by Crippen LogP contribution is 2.31. The predicted molar refractivity (Wildman–Crippen MR) is 145 cm³/mol. The van der Waals surface area contributed by atoms with E-state index in [0.717, 1.165) is 42.5 Å². The lowest BCUT2D eigenvalue weighted by Gasteiger charge is -2.38. The highest BCUT2D eigenvalue weighted by Gasteiger charge is 2.33. The number of nitrogens with zero attached hydrogens (tertiary/aromatic N) is 3. The largest absolute Gasteiger partial charge is 0.369 e. The Morgan fingerprint density at radius 3 is 2.11 bits per heavy atom. The molecule has 2 aromatic rings. The second kappa shape index (κ2) is 12.2. The van der Waals surface area contributed by atoms with E-state index in [1.54, 1.807) is 12.1 Å². The van der Waals surface area contributed by atoms with Gasteiger partial charge in [-0.3, -0.25) is 9.45 Å². The maximum Gasteiger partial charge on any atom is 0.332 e. The molecule has 14 heteroatoms. The van der Waals surface area contributed by atoms with E-state index in [1.807, 2.05) is 36.9 Å². The number of benzene rings is 2. The van der Waals surface area contributed by atoms with E-state index < -0.39 is 26.0 Å². The van der Waals surface area contributed by atoms with E-state index in [9.17, 15) is 20.7 Å². The van der Waals surface area contributed by atoms with Crippen molar-refractivity contribution in [2.75, 3.05) is 10.7 Å². The van der Waals surface area contributed by atoms with Crippen LogP contribution >= 0.6 is 11.6 Å². The summed E-state index contributed by atoms with van der Waals surface area (Å²) in [5.41, 5.74) is 13.9. The van der Waals surface area contributed by atoms with E-state index in [0.29, 0.717) is 5.02 Å². The summed E-state index contributed by atoms with van der Waals surface area (Å²) in [6.45, 7) is 5.17. The highest BCUT2D eigenvalue weighted by molar-refractivity contribution is 7.86. The van der Waals surface area contributed by atoms with E-state index in [4.69, 9.17) is 27.6 Å². The zero-order chi connectivity index (χ0) is 28.0. The number of halogens is 2.